The summed E-state index contributed by atoms with van der Waals surface area (Å²) in [5.41, 5.74) is 2.35. The predicted octanol–water partition coefficient (Wildman–Crippen LogP) is 4.49. The zero-order valence-electron chi connectivity index (χ0n) is 17.1. The van der Waals surface area contributed by atoms with E-state index >= 15 is 0 Å². The molecule has 0 aromatic carbocycles. The standard InChI is InChI=1S/C23H30N2O3S/c1-4-6-7-9-17(8-5-2)10-13-21(26)25-20-16-18(22-24-14-15-29-22)11-12-19(20)23(27)28-3/h4-9,14-15,18,22,24H,1,10-13,16H2,2-3H3,(H,25,26)/b7-6+,8-5-,17-9+. The Morgan fingerprint density at radius 2 is 2.21 bits per heavy atom. The molecule has 1 aliphatic heterocycles. The minimum absolute atomic E-state index is 0.0877. The van der Waals surface area contributed by atoms with Gasteiger partial charge in [-0.3, -0.25) is 4.79 Å². The third kappa shape index (κ3) is 7.13. The van der Waals surface area contributed by atoms with E-state index in [0.717, 1.165) is 12.0 Å². The molecule has 29 heavy (non-hydrogen) atoms. The summed E-state index contributed by atoms with van der Waals surface area (Å²) in [6.07, 6.45) is 16.5. The van der Waals surface area contributed by atoms with Gasteiger partial charge in [-0.1, -0.05) is 43.0 Å². The Morgan fingerprint density at radius 1 is 1.38 bits per heavy atom. The van der Waals surface area contributed by atoms with Crippen LogP contribution in [0.15, 0.2) is 71.5 Å². The molecule has 1 amide bonds. The minimum Gasteiger partial charge on any atom is -0.466 e. The number of methoxy groups -OCH3 is 1. The van der Waals surface area contributed by atoms with E-state index < -0.39 is 0 Å². The van der Waals surface area contributed by atoms with Gasteiger partial charge in [0.2, 0.25) is 5.91 Å². The molecule has 2 N–H and O–H groups in total. The minimum atomic E-state index is -0.354. The fraction of sp³-hybridized carbons (Fsp3) is 0.391. The van der Waals surface area contributed by atoms with E-state index in [1.165, 1.54) is 7.11 Å². The van der Waals surface area contributed by atoms with E-state index in [9.17, 15) is 9.59 Å². The second-order valence-corrected chi connectivity index (χ2v) is 7.94. The molecule has 0 spiro atoms. The van der Waals surface area contributed by atoms with Gasteiger partial charge in [-0.2, -0.15) is 0 Å². The highest BCUT2D eigenvalue weighted by Gasteiger charge is 2.31. The van der Waals surface area contributed by atoms with Gasteiger partial charge in [-0.25, -0.2) is 4.79 Å². The lowest BCUT2D eigenvalue weighted by molar-refractivity contribution is -0.136. The molecule has 1 aliphatic carbocycles. The number of ether oxygens (including phenoxy) is 1. The highest BCUT2D eigenvalue weighted by molar-refractivity contribution is 8.02. The van der Waals surface area contributed by atoms with E-state index in [1.807, 2.05) is 48.9 Å². The lowest BCUT2D eigenvalue weighted by Crippen LogP contribution is -2.35. The molecule has 2 atom stereocenters. The lowest BCUT2D eigenvalue weighted by Gasteiger charge is -2.30. The summed E-state index contributed by atoms with van der Waals surface area (Å²) >= 11 is 1.74. The molecule has 0 radical (unpaired) electrons. The second kappa shape index (κ2) is 12.2. The monoisotopic (exact) mass is 414 g/mol. The van der Waals surface area contributed by atoms with Crippen LogP contribution in [-0.4, -0.2) is 24.4 Å². The first-order valence-corrected chi connectivity index (χ1v) is 10.8. The van der Waals surface area contributed by atoms with E-state index in [-0.39, 0.29) is 17.3 Å². The van der Waals surface area contributed by atoms with Gasteiger partial charge < -0.3 is 15.4 Å². The molecule has 0 saturated heterocycles. The Hall–Kier alpha value is -2.47. The van der Waals surface area contributed by atoms with Gasteiger partial charge in [-0.15, -0.1) is 11.8 Å². The number of esters is 1. The van der Waals surface area contributed by atoms with Crippen molar-refractivity contribution in [3.8, 4) is 0 Å². The van der Waals surface area contributed by atoms with E-state index in [2.05, 4.69) is 17.2 Å². The van der Waals surface area contributed by atoms with Crippen LogP contribution in [0.4, 0.5) is 0 Å². The highest BCUT2D eigenvalue weighted by atomic mass is 32.2. The number of carbonyl (C=O) groups is 2. The quantitative estimate of drug-likeness (QED) is 0.430. The third-order valence-electron chi connectivity index (χ3n) is 4.88. The van der Waals surface area contributed by atoms with Crippen LogP contribution in [-0.2, 0) is 14.3 Å². The Balaban J connectivity index is 2.03. The molecule has 0 saturated carbocycles. The molecule has 0 fully saturated rings. The topological polar surface area (TPSA) is 67.4 Å². The Bertz CT molecular complexity index is 754. The van der Waals surface area contributed by atoms with E-state index in [0.29, 0.717) is 42.9 Å². The first-order valence-electron chi connectivity index (χ1n) is 9.86. The van der Waals surface area contributed by atoms with Gasteiger partial charge in [0.25, 0.3) is 0 Å². The van der Waals surface area contributed by atoms with Gasteiger partial charge in [0, 0.05) is 18.3 Å². The number of hydrogen-bond donors (Lipinski definition) is 2. The maximum Gasteiger partial charge on any atom is 0.335 e. The van der Waals surface area contributed by atoms with Crippen molar-refractivity contribution >= 4 is 23.6 Å². The van der Waals surface area contributed by atoms with Gasteiger partial charge in [0.1, 0.15) is 0 Å². The maximum absolute atomic E-state index is 12.6. The van der Waals surface area contributed by atoms with Crippen molar-refractivity contribution in [1.29, 1.82) is 0 Å². The number of amides is 1. The summed E-state index contributed by atoms with van der Waals surface area (Å²) in [7, 11) is 1.38. The molecule has 0 aromatic rings. The van der Waals surface area contributed by atoms with Crippen molar-refractivity contribution in [1.82, 2.24) is 10.6 Å². The number of allylic oxidation sites excluding steroid dienone is 8. The van der Waals surface area contributed by atoms with Crippen LogP contribution in [0, 0.1) is 5.92 Å². The molecule has 5 nitrogen and oxygen atoms in total. The lowest BCUT2D eigenvalue weighted by atomic mass is 9.86. The fourth-order valence-corrected chi connectivity index (χ4v) is 4.37. The molecule has 2 unspecified atom stereocenters. The molecular weight excluding hydrogens is 384 g/mol. The number of thioether (sulfide) groups is 1. The zero-order valence-corrected chi connectivity index (χ0v) is 18.0. The third-order valence-corrected chi connectivity index (χ3v) is 5.99. The number of rotatable bonds is 9. The summed E-state index contributed by atoms with van der Waals surface area (Å²) in [5.74, 6) is -0.0930. The van der Waals surface area contributed by atoms with Crippen molar-refractivity contribution < 1.29 is 14.3 Å². The van der Waals surface area contributed by atoms with Gasteiger partial charge in [0.15, 0.2) is 0 Å². The molecule has 0 bridgehead atoms. The second-order valence-electron chi connectivity index (χ2n) is 6.89. The number of hydrogen-bond acceptors (Lipinski definition) is 5. The van der Waals surface area contributed by atoms with Crippen LogP contribution < -0.4 is 10.6 Å². The molecular formula is C23H30N2O3S. The van der Waals surface area contributed by atoms with Gasteiger partial charge in [-0.05, 0) is 49.5 Å². The smallest absolute Gasteiger partial charge is 0.335 e. The fourth-order valence-electron chi connectivity index (χ4n) is 3.43. The molecule has 6 heteroatoms. The van der Waals surface area contributed by atoms with Crippen LogP contribution in [0.1, 0.15) is 39.0 Å². The molecule has 2 aliphatic rings. The Morgan fingerprint density at radius 3 is 2.86 bits per heavy atom. The molecule has 2 rings (SSSR count). The normalized spacial score (nSPS) is 22.2. The first kappa shape index (κ1) is 22.8. The van der Waals surface area contributed by atoms with Crippen LogP contribution in [0.2, 0.25) is 0 Å². The number of carbonyl (C=O) groups excluding carboxylic acids is 2. The Kier molecular flexibility index (Phi) is 9.57. The van der Waals surface area contributed by atoms with Crippen LogP contribution >= 0.6 is 11.8 Å². The molecule has 1 heterocycles. The predicted molar refractivity (Wildman–Crippen MR) is 120 cm³/mol. The summed E-state index contributed by atoms with van der Waals surface area (Å²) in [5, 5.41) is 8.66. The van der Waals surface area contributed by atoms with Crippen molar-refractivity contribution in [3.63, 3.8) is 0 Å². The van der Waals surface area contributed by atoms with Crippen molar-refractivity contribution in [3.05, 3.63) is 71.5 Å². The van der Waals surface area contributed by atoms with Gasteiger partial charge >= 0.3 is 5.97 Å². The summed E-state index contributed by atoms with van der Waals surface area (Å²) in [6.45, 7) is 5.60. The zero-order chi connectivity index (χ0) is 21.1. The SMILES string of the molecule is C=C/C=C/C=C(\C=C/C)CCC(=O)NC1=C(C(=O)OC)CCC(C2NC=CS2)C1. The highest BCUT2D eigenvalue weighted by Crippen LogP contribution is 2.36. The van der Waals surface area contributed by atoms with E-state index in [4.69, 9.17) is 4.74 Å². The average molecular weight is 415 g/mol. The summed E-state index contributed by atoms with van der Waals surface area (Å²) in [6, 6.07) is 0. The average Bonchev–Trinajstić information content (AvgIpc) is 3.26. The van der Waals surface area contributed by atoms with Crippen molar-refractivity contribution in [2.24, 2.45) is 5.92 Å². The largest absolute Gasteiger partial charge is 0.466 e. The van der Waals surface area contributed by atoms with Crippen LogP contribution in [0.5, 0.6) is 0 Å². The summed E-state index contributed by atoms with van der Waals surface area (Å²) in [4.78, 5) is 24.8. The first-order chi connectivity index (χ1) is 14.1. The van der Waals surface area contributed by atoms with Crippen molar-refractivity contribution in [2.45, 2.75) is 44.4 Å². The number of nitrogens with one attached hydrogen (secondary N) is 2. The molecule has 156 valence electrons. The van der Waals surface area contributed by atoms with Crippen LogP contribution in [0.25, 0.3) is 0 Å². The Labute approximate surface area is 177 Å². The van der Waals surface area contributed by atoms with E-state index in [1.54, 1.807) is 17.8 Å². The van der Waals surface area contributed by atoms with Crippen LogP contribution in [0.3, 0.4) is 0 Å². The maximum atomic E-state index is 12.6. The summed E-state index contributed by atoms with van der Waals surface area (Å²) < 4.78 is 4.93. The van der Waals surface area contributed by atoms with Crippen molar-refractivity contribution in [2.75, 3.05) is 7.11 Å². The molecule has 0 aromatic heterocycles. The van der Waals surface area contributed by atoms with Gasteiger partial charge in [0.05, 0.1) is 18.1 Å².